The van der Waals surface area contributed by atoms with Crippen LogP contribution in [0.15, 0.2) is 24.3 Å². The molecule has 0 saturated heterocycles. The Labute approximate surface area is 140 Å². The molecule has 4 rings (SSSR count). The van der Waals surface area contributed by atoms with Crippen LogP contribution in [0.5, 0.6) is 0 Å². The van der Waals surface area contributed by atoms with Gasteiger partial charge in [0.2, 0.25) is 0 Å². The van der Waals surface area contributed by atoms with E-state index in [1.165, 1.54) is 30.4 Å². The lowest BCUT2D eigenvalue weighted by Crippen LogP contribution is -3.27. The number of thiazole rings is 1. The fourth-order valence-electron chi connectivity index (χ4n) is 3.83. The van der Waals surface area contributed by atoms with E-state index in [1.807, 2.05) is 6.07 Å². The maximum absolute atomic E-state index is 4.63. The molecule has 0 amide bonds. The predicted octanol–water partition coefficient (Wildman–Crippen LogP) is 0.127. The molecule has 1 fully saturated rings. The first-order chi connectivity index (χ1) is 11.3. The lowest BCUT2D eigenvalue weighted by atomic mass is 9.85. The maximum Gasteiger partial charge on any atom is 0.359 e. The van der Waals surface area contributed by atoms with Gasteiger partial charge in [0.1, 0.15) is 0 Å². The summed E-state index contributed by atoms with van der Waals surface area (Å²) >= 11 is 1.69. The standard InChI is InChI=1S/C17H23N5S/c1-12-6-2-4-8-14(12)22-10-18-16(19-11-22)21-17-20-13-7-3-5-9-15(13)23-17/h3,5,7,9,12,14H,2,4,6,8,10-11H2,1H3,(H2,18,19,20,21)/p+2/t12-,14-/m1/s1. The summed E-state index contributed by atoms with van der Waals surface area (Å²) in [5.41, 5.74) is 1.06. The van der Waals surface area contributed by atoms with E-state index in [1.54, 1.807) is 16.2 Å². The first-order valence-electron chi connectivity index (χ1n) is 8.61. The highest BCUT2D eigenvalue weighted by Crippen LogP contribution is 2.25. The zero-order chi connectivity index (χ0) is 15.6. The molecule has 1 aliphatic carbocycles. The van der Waals surface area contributed by atoms with Crippen LogP contribution >= 0.6 is 11.3 Å². The van der Waals surface area contributed by atoms with E-state index in [9.17, 15) is 0 Å². The molecule has 6 heteroatoms. The van der Waals surface area contributed by atoms with Crippen molar-refractivity contribution in [2.24, 2.45) is 5.92 Å². The van der Waals surface area contributed by atoms with Crippen LogP contribution in [0.4, 0.5) is 5.13 Å². The number of anilines is 1. The van der Waals surface area contributed by atoms with Gasteiger partial charge in [0.05, 0.1) is 16.3 Å². The van der Waals surface area contributed by atoms with Gasteiger partial charge in [-0.3, -0.25) is 4.90 Å². The van der Waals surface area contributed by atoms with E-state index in [4.69, 9.17) is 0 Å². The number of hydrogen-bond acceptors (Lipinski definition) is 4. The molecule has 23 heavy (non-hydrogen) atoms. The molecule has 5 nitrogen and oxygen atoms in total. The van der Waals surface area contributed by atoms with E-state index < -0.39 is 0 Å². The van der Waals surface area contributed by atoms with E-state index >= 15 is 0 Å². The summed E-state index contributed by atoms with van der Waals surface area (Å²) < 4.78 is 1.22. The Morgan fingerprint density at radius 1 is 1.30 bits per heavy atom. The molecule has 2 heterocycles. The van der Waals surface area contributed by atoms with Gasteiger partial charge in [0, 0.05) is 5.92 Å². The Hall–Kier alpha value is -1.66. The van der Waals surface area contributed by atoms with Crippen LogP contribution in [0.2, 0.25) is 0 Å². The second kappa shape index (κ2) is 6.45. The number of benzene rings is 1. The summed E-state index contributed by atoms with van der Waals surface area (Å²) in [6.45, 7) is 4.37. The molecule has 1 unspecified atom stereocenters. The third-order valence-electron chi connectivity index (χ3n) is 5.15. The summed E-state index contributed by atoms with van der Waals surface area (Å²) in [7, 11) is 0. The first kappa shape index (κ1) is 14.9. The average molecular weight is 331 g/mol. The van der Waals surface area contributed by atoms with Crippen molar-refractivity contribution in [2.45, 2.75) is 38.6 Å². The van der Waals surface area contributed by atoms with Crippen molar-refractivity contribution in [3.05, 3.63) is 24.3 Å². The second-order valence-electron chi connectivity index (χ2n) is 6.72. The van der Waals surface area contributed by atoms with Gasteiger partial charge in [0.25, 0.3) is 5.13 Å². The van der Waals surface area contributed by atoms with Crippen molar-refractivity contribution >= 4 is 32.6 Å². The van der Waals surface area contributed by atoms with Gasteiger partial charge in [-0.15, -0.1) is 0 Å². The van der Waals surface area contributed by atoms with Crippen LogP contribution in [0, 0.1) is 5.92 Å². The van der Waals surface area contributed by atoms with E-state index in [0.29, 0.717) is 0 Å². The maximum atomic E-state index is 4.63. The highest BCUT2D eigenvalue weighted by Gasteiger charge is 2.33. The van der Waals surface area contributed by atoms with E-state index in [-0.39, 0.29) is 0 Å². The molecule has 0 spiro atoms. The summed E-state index contributed by atoms with van der Waals surface area (Å²) in [6, 6.07) is 9.04. The summed E-state index contributed by atoms with van der Waals surface area (Å²) in [6.07, 6.45) is 5.54. The molecular formula is C17H25N5S+2. The molecular weight excluding hydrogens is 306 g/mol. The predicted molar refractivity (Wildman–Crippen MR) is 94.5 cm³/mol. The molecule has 2 aliphatic rings. The minimum Gasteiger partial charge on any atom is -0.274 e. The number of aromatic nitrogens is 1. The summed E-state index contributed by atoms with van der Waals surface area (Å²) in [5.74, 6) is 1.82. The number of para-hydroxylation sites is 1. The fourth-order valence-corrected chi connectivity index (χ4v) is 4.71. The lowest BCUT2D eigenvalue weighted by molar-refractivity contribution is -1.00. The molecule has 1 aromatic heterocycles. The normalized spacial score (nSPS) is 28.2. The first-order valence-corrected chi connectivity index (χ1v) is 9.43. The molecule has 0 bridgehead atoms. The Balaban J connectivity index is 1.41. The average Bonchev–Trinajstić information content (AvgIpc) is 2.98. The Kier molecular flexibility index (Phi) is 4.18. The highest BCUT2D eigenvalue weighted by atomic mass is 32.1. The van der Waals surface area contributed by atoms with Crippen molar-refractivity contribution in [3.63, 3.8) is 0 Å². The van der Waals surface area contributed by atoms with Crippen LogP contribution in [0.25, 0.3) is 10.2 Å². The highest BCUT2D eigenvalue weighted by molar-refractivity contribution is 7.22. The second-order valence-corrected chi connectivity index (χ2v) is 7.75. The minimum atomic E-state index is 0.785. The van der Waals surface area contributed by atoms with Crippen LogP contribution < -0.4 is 20.5 Å². The molecule has 1 saturated carbocycles. The Morgan fingerprint density at radius 2 is 2.17 bits per heavy atom. The lowest BCUT2D eigenvalue weighted by Gasteiger charge is -2.35. The third-order valence-corrected chi connectivity index (χ3v) is 6.10. The zero-order valence-electron chi connectivity index (χ0n) is 13.6. The largest absolute Gasteiger partial charge is 0.359 e. The minimum absolute atomic E-state index is 0.785. The molecule has 1 aromatic carbocycles. The van der Waals surface area contributed by atoms with Crippen LogP contribution in [0.1, 0.15) is 32.6 Å². The number of guanidine groups is 1. The molecule has 3 atom stereocenters. The molecule has 122 valence electrons. The Morgan fingerprint density at radius 3 is 2.96 bits per heavy atom. The summed E-state index contributed by atoms with van der Waals surface area (Å²) in [4.78, 5) is 9.76. The number of hydrogen-bond donors (Lipinski definition) is 4. The molecule has 1 aliphatic heterocycles. The van der Waals surface area contributed by atoms with E-state index in [2.05, 4.69) is 45.7 Å². The SMILES string of the molecule is C[C@@H]1CCCC[C@H]1[NH+]1CNC(Nc2nc3ccccc3s2)=[NH+]C1. The number of nitrogens with one attached hydrogen (secondary N) is 4. The van der Waals surface area contributed by atoms with Crippen molar-refractivity contribution in [2.75, 3.05) is 18.7 Å². The van der Waals surface area contributed by atoms with Crippen LogP contribution in [0.3, 0.4) is 0 Å². The number of rotatable bonds is 2. The zero-order valence-corrected chi connectivity index (χ0v) is 14.4. The van der Waals surface area contributed by atoms with Gasteiger partial charge in [-0.1, -0.05) is 36.8 Å². The van der Waals surface area contributed by atoms with Gasteiger partial charge in [-0.25, -0.2) is 20.6 Å². The van der Waals surface area contributed by atoms with Gasteiger partial charge >= 0.3 is 5.96 Å². The topological polar surface area (TPSA) is 55.4 Å². The number of nitrogens with zero attached hydrogens (tertiary/aromatic N) is 1. The summed E-state index contributed by atoms with van der Waals surface area (Å²) in [5, 5.41) is 7.84. The van der Waals surface area contributed by atoms with Gasteiger partial charge in [0.15, 0.2) is 13.3 Å². The Bertz CT molecular complexity index is 677. The smallest absolute Gasteiger partial charge is 0.274 e. The van der Waals surface area contributed by atoms with Crippen molar-refractivity contribution in [1.29, 1.82) is 0 Å². The van der Waals surface area contributed by atoms with Gasteiger partial charge in [-0.2, -0.15) is 0 Å². The van der Waals surface area contributed by atoms with Crippen LogP contribution in [-0.2, 0) is 0 Å². The van der Waals surface area contributed by atoms with Crippen molar-refractivity contribution in [1.82, 2.24) is 10.3 Å². The number of quaternary nitrogens is 1. The van der Waals surface area contributed by atoms with Gasteiger partial charge < -0.3 is 0 Å². The van der Waals surface area contributed by atoms with Crippen molar-refractivity contribution in [3.8, 4) is 0 Å². The quantitative estimate of drug-likeness (QED) is 0.633. The third kappa shape index (κ3) is 3.19. The molecule has 2 aromatic rings. The van der Waals surface area contributed by atoms with Gasteiger partial charge in [-0.05, 0) is 31.4 Å². The van der Waals surface area contributed by atoms with Crippen LogP contribution in [-0.4, -0.2) is 30.3 Å². The monoisotopic (exact) mass is 331 g/mol. The molecule has 4 N–H and O–H groups in total. The van der Waals surface area contributed by atoms with Crippen molar-refractivity contribution < 1.29 is 9.89 Å². The fraction of sp³-hybridized carbons (Fsp3) is 0.529. The number of fused-ring (bicyclic) bond motifs is 1. The molecule has 0 radical (unpaired) electrons. The van der Waals surface area contributed by atoms with E-state index in [0.717, 1.165) is 41.9 Å².